The van der Waals surface area contributed by atoms with Crippen molar-refractivity contribution in [2.75, 3.05) is 34.5 Å². The molecule has 2 saturated heterocycles. The third kappa shape index (κ3) is 3.82. The van der Waals surface area contributed by atoms with Crippen molar-refractivity contribution >= 4 is 40.3 Å². The summed E-state index contributed by atoms with van der Waals surface area (Å²) < 4.78 is 22.2. The Morgan fingerprint density at radius 1 is 1.23 bits per heavy atom. The fourth-order valence-corrected chi connectivity index (χ4v) is 4.22. The Balaban J connectivity index is 1.87. The largest absolute Gasteiger partial charge is 0.496 e. The van der Waals surface area contributed by atoms with Gasteiger partial charge in [-0.25, -0.2) is 0 Å². The molecule has 6 nitrogen and oxygen atoms in total. The molecule has 1 unspecified atom stereocenters. The van der Waals surface area contributed by atoms with E-state index in [1.54, 1.807) is 44.4 Å². The van der Waals surface area contributed by atoms with Crippen LogP contribution in [0.1, 0.15) is 18.4 Å². The van der Waals surface area contributed by atoms with Gasteiger partial charge in [-0.2, -0.15) is 0 Å². The third-order valence-corrected chi connectivity index (χ3v) is 5.68. The highest BCUT2D eigenvalue weighted by molar-refractivity contribution is 8.26. The zero-order chi connectivity index (χ0) is 18.7. The van der Waals surface area contributed by atoms with Crippen molar-refractivity contribution < 1.29 is 23.7 Å². The minimum absolute atomic E-state index is 0.0625. The first kappa shape index (κ1) is 19.0. The highest BCUT2D eigenvalue weighted by atomic mass is 32.2. The summed E-state index contributed by atoms with van der Waals surface area (Å²) in [4.78, 5) is 15.0. The normalized spacial score (nSPS) is 21.6. The van der Waals surface area contributed by atoms with Crippen LogP contribution in [-0.2, 0) is 9.53 Å². The van der Waals surface area contributed by atoms with Crippen molar-refractivity contribution in [1.82, 2.24) is 4.90 Å². The highest BCUT2D eigenvalue weighted by Gasteiger charge is 2.34. The number of nitrogens with zero attached hydrogens (tertiary/aromatic N) is 1. The van der Waals surface area contributed by atoms with Crippen molar-refractivity contribution in [2.45, 2.75) is 18.9 Å². The van der Waals surface area contributed by atoms with Crippen LogP contribution in [0, 0.1) is 0 Å². The Bertz CT molecular complexity index is 743. The second kappa shape index (κ2) is 8.28. The number of hydrogen-bond donors (Lipinski definition) is 0. The molecule has 0 N–H and O–H groups in total. The van der Waals surface area contributed by atoms with Crippen molar-refractivity contribution in [3.05, 3.63) is 22.6 Å². The SMILES string of the molecule is COc1cc(OC)c(OC)cc1C=C1SC(=S)N(CC2CCCO2)C1=O. The van der Waals surface area contributed by atoms with E-state index in [2.05, 4.69) is 0 Å². The van der Waals surface area contributed by atoms with Crippen LogP contribution in [-0.4, -0.2) is 55.7 Å². The number of carbonyl (C=O) groups is 1. The molecule has 140 valence electrons. The maximum Gasteiger partial charge on any atom is 0.266 e. The van der Waals surface area contributed by atoms with Crippen molar-refractivity contribution in [2.24, 2.45) is 0 Å². The summed E-state index contributed by atoms with van der Waals surface area (Å²) in [5.74, 6) is 1.61. The minimum Gasteiger partial charge on any atom is -0.496 e. The van der Waals surface area contributed by atoms with E-state index >= 15 is 0 Å². The Morgan fingerprint density at radius 3 is 2.54 bits per heavy atom. The lowest BCUT2D eigenvalue weighted by molar-refractivity contribution is -0.123. The van der Waals surface area contributed by atoms with Gasteiger partial charge in [0.1, 0.15) is 10.1 Å². The van der Waals surface area contributed by atoms with Crippen LogP contribution in [0.5, 0.6) is 17.2 Å². The molecule has 1 aromatic carbocycles. The first-order valence-electron chi connectivity index (χ1n) is 8.24. The van der Waals surface area contributed by atoms with Gasteiger partial charge in [0.25, 0.3) is 5.91 Å². The van der Waals surface area contributed by atoms with Gasteiger partial charge in [-0.05, 0) is 25.0 Å². The lowest BCUT2D eigenvalue weighted by Gasteiger charge is -2.18. The number of thiocarbonyl (C=S) groups is 1. The molecule has 0 bridgehead atoms. The van der Waals surface area contributed by atoms with Crippen molar-refractivity contribution in [1.29, 1.82) is 0 Å². The number of thioether (sulfide) groups is 1. The van der Waals surface area contributed by atoms with E-state index in [0.717, 1.165) is 25.0 Å². The topological polar surface area (TPSA) is 57.2 Å². The van der Waals surface area contributed by atoms with E-state index in [1.807, 2.05) is 0 Å². The quantitative estimate of drug-likeness (QED) is 0.542. The molecular formula is C18H21NO5S2. The fraction of sp³-hybridized carbons (Fsp3) is 0.444. The summed E-state index contributed by atoms with van der Waals surface area (Å²) in [5, 5.41) is 0. The lowest BCUT2D eigenvalue weighted by atomic mass is 10.1. The maximum atomic E-state index is 12.8. The van der Waals surface area contributed by atoms with Crippen LogP contribution in [0.15, 0.2) is 17.0 Å². The fourth-order valence-electron chi connectivity index (χ4n) is 2.96. The summed E-state index contributed by atoms with van der Waals surface area (Å²) in [5.41, 5.74) is 0.725. The van der Waals surface area contributed by atoms with E-state index in [1.165, 1.54) is 11.8 Å². The third-order valence-electron chi connectivity index (χ3n) is 4.31. The molecule has 2 aliphatic rings. The molecule has 2 fully saturated rings. The summed E-state index contributed by atoms with van der Waals surface area (Å²) in [6, 6.07) is 3.52. The van der Waals surface area contributed by atoms with Crippen LogP contribution in [0.25, 0.3) is 6.08 Å². The monoisotopic (exact) mass is 395 g/mol. The van der Waals surface area contributed by atoms with E-state index in [0.29, 0.717) is 33.0 Å². The number of amides is 1. The van der Waals surface area contributed by atoms with E-state index in [-0.39, 0.29) is 12.0 Å². The van der Waals surface area contributed by atoms with Gasteiger partial charge >= 0.3 is 0 Å². The number of carbonyl (C=O) groups excluding carboxylic acids is 1. The van der Waals surface area contributed by atoms with E-state index in [4.69, 9.17) is 31.2 Å². The second-order valence-corrected chi connectivity index (χ2v) is 7.55. The van der Waals surface area contributed by atoms with Gasteiger partial charge in [0.2, 0.25) is 0 Å². The summed E-state index contributed by atoms with van der Waals surface area (Å²) >= 11 is 6.68. The first-order valence-corrected chi connectivity index (χ1v) is 9.46. The van der Waals surface area contributed by atoms with Crippen LogP contribution >= 0.6 is 24.0 Å². The molecule has 1 atom stereocenters. The molecule has 8 heteroatoms. The van der Waals surface area contributed by atoms with Gasteiger partial charge in [0.15, 0.2) is 11.5 Å². The van der Waals surface area contributed by atoms with Crippen molar-refractivity contribution in [3.63, 3.8) is 0 Å². The van der Waals surface area contributed by atoms with Crippen LogP contribution in [0.4, 0.5) is 0 Å². The molecule has 0 saturated carbocycles. The van der Waals surface area contributed by atoms with E-state index in [9.17, 15) is 4.79 Å². The van der Waals surface area contributed by atoms with Gasteiger partial charge in [-0.15, -0.1) is 0 Å². The number of hydrogen-bond acceptors (Lipinski definition) is 7. The predicted octanol–water partition coefficient (Wildman–Crippen LogP) is 3.09. The average Bonchev–Trinajstić information content (AvgIpc) is 3.25. The van der Waals surface area contributed by atoms with Crippen LogP contribution in [0.3, 0.4) is 0 Å². The smallest absolute Gasteiger partial charge is 0.266 e. The average molecular weight is 396 g/mol. The van der Waals surface area contributed by atoms with Crippen molar-refractivity contribution in [3.8, 4) is 17.2 Å². The standard InChI is InChI=1S/C18H21NO5S2/c1-21-13-9-15(23-3)14(22-2)7-11(13)8-16-17(20)19(18(25)26-16)10-12-5-4-6-24-12/h7-9,12H,4-6,10H2,1-3H3. The Kier molecular flexibility index (Phi) is 6.05. The molecule has 1 amide bonds. The van der Waals surface area contributed by atoms with Gasteiger partial charge < -0.3 is 18.9 Å². The summed E-state index contributed by atoms with van der Waals surface area (Å²) in [6.45, 7) is 1.25. The zero-order valence-corrected chi connectivity index (χ0v) is 16.6. The number of methoxy groups -OCH3 is 3. The number of ether oxygens (including phenoxy) is 4. The molecule has 2 aliphatic heterocycles. The van der Waals surface area contributed by atoms with Gasteiger partial charge in [0, 0.05) is 18.2 Å². The molecule has 1 aromatic rings. The summed E-state index contributed by atoms with van der Waals surface area (Å²) in [7, 11) is 4.70. The Labute approximate surface area is 162 Å². The summed E-state index contributed by atoms with van der Waals surface area (Å²) in [6.07, 6.45) is 3.82. The van der Waals surface area contributed by atoms with Gasteiger partial charge in [0.05, 0.1) is 38.9 Å². The zero-order valence-electron chi connectivity index (χ0n) is 14.9. The maximum absolute atomic E-state index is 12.8. The highest BCUT2D eigenvalue weighted by Crippen LogP contribution is 2.39. The molecule has 26 heavy (non-hydrogen) atoms. The van der Waals surface area contributed by atoms with Crippen LogP contribution in [0.2, 0.25) is 0 Å². The molecular weight excluding hydrogens is 374 g/mol. The molecule has 0 radical (unpaired) electrons. The molecule has 3 rings (SSSR count). The lowest BCUT2D eigenvalue weighted by Crippen LogP contribution is -2.35. The molecule has 2 heterocycles. The van der Waals surface area contributed by atoms with Gasteiger partial charge in [-0.3, -0.25) is 9.69 Å². The molecule has 0 aromatic heterocycles. The minimum atomic E-state index is -0.104. The molecule has 0 spiro atoms. The van der Waals surface area contributed by atoms with Crippen LogP contribution < -0.4 is 14.2 Å². The molecule has 0 aliphatic carbocycles. The van der Waals surface area contributed by atoms with E-state index < -0.39 is 0 Å². The number of rotatable bonds is 6. The second-order valence-electron chi connectivity index (χ2n) is 5.88. The first-order chi connectivity index (χ1) is 12.6. The van der Waals surface area contributed by atoms with Gasteiger partial charge in [-0.1, -0.05) is 24.0 Å². The Morgan fingerprint density at radius 2 is 1.92 bits per heavy atom. The number of benzene rings is 1. The predicted molar refractivity (Wildman–Crippen MR) is 105 cm³/mol. The Hall–Kier alpha value is -1.77.